The number of aryl methyl sites for hydroxylation is 1. The monoisotopic (exact) mass is 316 g/mol. The highest BCUT2D eigenvalue weighted by molar-refractivity contribution is 5.92. The normalized spacial score (nSPS) is 19.5. The van der Waals surface area contributed by atoms with Crippen molar-refractivity contribution in [1.82, 2.24) is 0 Å². The SMILES string of the molecule is COc1cc(CC2CO2)c2c3c(c(=O)oc2c1OC)CCCC3. The highest BCUT2D eigenvalue weighted by Crippen LogP contribution is 2.41. The van der Waals surface area contributed by atoms with Gasteiger partial charge >= 0.3 is 5.63 Å². The molecule has 5 heteroatoms. The minimum atomic E-state index is -0.243. The maximum absolute atomic E-state index is 12.4. The molecule has 1 aromatic carbocycles. The molecule has 4 rings (SSSR count). The van der Waals surface area contributed by atoms with Crippen LogP contribution in [0.3, 0.4) is 0 Å². The van der Waals surface area contributed by atoms with Gasteiger partial charge in [-0.15, -0.1) is 0 Å². The molecule has 0 bridgehead atoms. The van der Waals surface area contributed by atoms with Gasteiger partial charge < -0.3 is 18.6 Å². The lowest BCUT2D eigenvalue weighted by molar-refractivity contribution is 0.350. The summed E-state index contributed by atoms with van der Waals surface area (Å²) in [5, 5.41) is 1.02. The van der Waals surface area contributed by atoms with Gasteiger partial charge in [0.1, 0.15) is 0 Å². The van der Waals surface area contributed by atoms with E-state index in [2.05, 4.69) is 0 Å². The molecule has 1 aliphatic carbocycles. The second-order valence-electron chi connectivity index (χ2n) is 6.19. The van der Waals surface area contributed by atoms with Gasteiger partial charge in [-0.25, -0.2) is 4.79 Å². The van der Waals surface area contributed by atoms with Crippen molar-refractivity contribution in [2.75, 3.05) is 20.8 Å². The Balaban J connectivity index is 2.07. The number of methoxy groups -OCH3 is 2. The predicted molar refractivity (Wildman–Crippen MR) is 85.7 cm³/mol. The smallest absolute Gasteiger partial charge is 0.339 e. The molecule has 0 radical (unpaired) electrons. The van der Waals surface area contributed by atoms with Crippen LogP contribution in [0.2, 0.25) is 0 Å². The van der Waals surface area contributed by atoms with Crippen molar-refractivity contribution in [3.05, 3.63) is 33.2 Å². The Hall–Kier alpha value is -2.01. The van der Waals surface area contributed by atoms with Crippen molar-refractivity contribution >= 4 is 11.0 Å². The van der Waals surface area contributed by atoms with Crippen LogP contribution < -0.4 is 15.1 Å². The summed E-state index contributed by atoms with van der Waals surface area (Å²) >= 11 is 0. The van der Waals surface area contributed by atoms with E-state index < -0.39 is 0 Å². The first-order chi connectivity index (χ1) is 11.2. The average molecular weight is 316 g/mol. The van der Waals surface area contributed by atoms with E-state index in [9.17, 15) is 4.79 Å². The molecule has 0 spiro atoms. The van der Waals surface area contributed by atoms with Crippen LogP contribution in [0.5, 0.6) is 11.5 Å². The Morgan fingerprint density at radius 1 is 1.17 bits per heavy atom. The molecule has 0 saturated carbocycles. The number of benzene rings is 1. The Morgan fingerprint density at radius 2 is 1.91 bits per heavy atom. The van der Waals surface area contributed by atoms with Gasteiger partial charge in [-0.05, 0) is 42.9 Å². The van der Waals surface area contributed by atoms with Crippen molar-refractivity contribution in [3.8, 4) is 11.5 Å². The second kappa shape index (κ2) is 5.57. The molecule has 5 nitrogen and oxygen atoms in total. The fourth-order valence-corrected chi connectivity index (χ4v) is 3.59. The molecule has 2 heterocycles. The van der Waals surface area contributed by atoms with Crippen molar-refractivity contribution in [2.45, 2.75) is 38.2 Å². The zero-order valence-corrected chi connectivity index (χ0v) is 13.4. The topological polar surface area (TPSA) is 61.2 Å². The molecule has 2 aliphatic rings. The summed E-state index contributed by atoms with van der Waals surface area (Å²) in [4.78, 5) is 12.4. The summed E-state index contributed by atoms with van der Waals surface area (Å²) < 4.78 is 22.0. The summed E-state index contributed by atoms with van der Waals surface area (Å²) in [5.41, 5.74) is 3.33. The zero-order valence-electron chi connectivity index (χ0n) is 13.4. The largest absolute Gasteiger partial charge is 0.493 e. The van der Waals surface area contributed by atoms with Crippen LogP contribution in [0, 0.1) is 0 Å². The Morgan fingerprint density at radius 3 is 2.57 bits per heavy atom. The highest BCUT2D eigenvalue weighted by Gasteiger charge is 2.29. The first kappa shape index (κ1) is 14.6. The quantitative estimate of drug-likeness (QED) is 0.641. The van der Waals surface area contributed by atoms with Gasteiger partial charge in [0, 0.05) is 17.4 Å². The van der Waals surface area contributed by atoms with Gasteiger partial charge in [-0.1, -0.05) is 0 Å². The highest BCUT2D eigenvalue weighted by atomic mass is 16.6. The molecule has 122 valence electrons. The predicted octanol–water partition coefficient (Wildman–Crippen LogP) is 2.63. The summed E-state index contributed by atoms with van der Waals surface area (Å²) in [6, 6.07) is 2.00. The first-order valence-electron chi connectivity index (χ1n) is 8.07. The van der Waals surface area contributed by atoms with Crippen LogP contribution in [0.15, 0.2) is 15.3 Å². The van der Waals surface area contributed by atoms with Crippen molar-refractivity contribution in [1.29, 1.82) is 0 Å². The zero-order chi connectivity index (χ0) is 16.0. The standard InChI is InChI=1S/C18H20O5/c1-20-14-8-10(7-11-9-22-11)15-12-5-3-4-6-13(12)18(19)23-17(15)16(14)21-2/h8,11H,3-7,9H2,1-2H3. The van der Waals surface area contributed by atoms with Crippen LogP contribution in [0.1, 0.15) is 29.5 Å². The average Bonchev–Trinajstić information content (AvgIpc) is 3.38. The summed E-state index contributed by atoms with van der Waals surface area (Å²) in [5.74, 6) is 1.09. The summed E-state index contributed by atoms with van der Waals surface area (Å²) in [6.45, 7) is 0.787. The Bertz CT molecular complexity index is 816. The molecule has 2 aromatic rings. The maximum Gasteiger partial charge on any atom is 0.339 e. The molecule has 23 heavy (non-hydrogen) atoms. The van der Waals surface area contributed by atoms with Crippen molar-refractivity contribution < 1.29 is 18.6 Å². The van der Waals surface area contributed by atoms with Crippen molar-refractivity contribution in [3.63, 3.8) is 0 Å². The van der Waals surface area contributed by atoms with Gasteiger partial charge in [0.15, 0.2) is 11.3 Å². The lowest BCUT2D eigenvalue weighted by atomic mass is 9.88. The third-order valence-corrected chi connectivity index (χ3v) is 4.77. The lowest BCUT2D eigenvalue weighted by Crippen LogP contribution is -2.17. The van der Waals surface area contributed by atoms with Crippen molar-refractivity contribution in [2.24, 2.45) is 0 Å². The van der Waals surface area contributed by atoms with E-state index in [1.165, 1.54) is 0 Å². The molecule has 1 saturated heterocycles. The molecular weight excluding hydrogens is 296 g/mol. The van der Waals surface area contributed by atoms with Crippen LogP contribution in [0.4, 0.5) is 0 Å². The summed E-state index contributed by atoms with van der Waals surface area (Å²) in [6.07, 6.45) is 4.89. The Labute approximate surface area is 134 Å². The van der Waals surface area contributed by atoms with E-state index in [0.717, 1.165) is 60.8 Å². The van der Waals surface area contributed by atoms with E-state index in [-0.39, 0.29) is 11.7 Å². The number of fused-ring (bicyclic) bond motifs is 3. The summed E-state index contributed by atoms with van der Waals surface area (Å²) in [7, 11) is 3.16. The number of ether oxygens (including phenoxy) is 3. The van der Waals surface area contributed by atoms with E-state index in [1.54, 1.807) is 14.2 Å². The van der Waals surface area contributed by atoms with E-state index in [1.807, 2.05) is 6.07 Å². The number of epoxide rings is 1. The molecule has 1 fully saturated rings. The van der Waals surface area contributed by atoms with E-state index in [0.29, 0.717) is 17.1 Å². The molecule has 1 aromatic heterocycles. The first-order valence-corrected chi connectivity index (χ1v) is 8.07. The molecule has 1 aliphatic heterocycles. The van der Waals surface area contributed by atoms with E-state index in [4.69, 9.17) is 18.6 Å². The Kier molecular flexibility index (Phi) is 3.53. The third-order valence-electron chi connectivity index (χ3n) is 4.77. The van der Waals surface area contributed by atoms with Crippen LogP contribution in [0.25, 0.3) is 11.0 Å². The van der Waals surface area contributed by atoms with Crippen LogP contribution >= 0.6 is 0 Å². The number of hydrogen-bond acceptors (Lipinski definition) is 5. The van der Waals surface area contributed by atoms with E-state index >= 15 is 0 Å². The number of hydrogen-bond donors (Lipinski definition) is 0. The van der Waals surface area contributed by atoms with Gasteiger partial charge in [0.25, 0.3) is 0 Å². The molecular formula is C18H20O5. The fraction of sp³-hybridized carbons (Fsp3) is 0.500. The van der Waals surface area contributed by atoms with Crippen LogP contribution in [-0.4, -0.2) is 26.9 Å². The fourth-order valence-electron chi connectivity index (χ4n) is 3.59. The molecule has 0 N–H and O–H groups in total. The minimum absolute atomic E-state index is 0.243. The lowest BCUT2D eigenvalue weighted by Gasteiger charge is -2.20. The third kappa shape index (κ3) is 2.39. The maximum atomic E-state index is 12.4. The van der Waals surface area contributed by atoms with Gasteiger partial charge in [-0.3, -0.25) is 0 Å². The van der Waals surface area contributed by atoms with Gasteiger partial charge in [0.2, 0.25) is 5.75 Å². The molecule has 1 atom stereocenters. The molecule has 1 unspecified atom stereocenters. The van der Waals surface area contributed by atoms with Gasteiger partial charge in [0.05, 0.1) is 26.9 Å². The second-order valence-corrected chi connectivity index (χ2v) is 6.19. The minimum Gasteiger partial charge on any atom is -0.493 e. The van der Waals surface area contributed by atoms with Gasteiger partial charge in [-0.2, -0.15) is 0 Å². The number of rotatable bonds is 4. The molecule has 0 amide bonds. The van der Waals surface area contributed by atoms with Crippen LogP contribution in [-0.2, 0) is 24.0 Å².